The van der Waals surface area contributed by atoms with Gasteiger partial charge >= 0.3 is 0 Å². The van der Waals surface area contributed by atoms with Gasteiger partial charge in [0, 0.05) is 15.8 Å². The monoisotopic (exact) mass is 334 g/mol. The third kappa shape index (κ3) is 2.22. The minimum Gasteiger partial charge on any atom is -0.289 e. The molecule has 0 aliphatic carbocycles. The van der Waals surface area contributed by atoms with E-state index in [1.165, 1.54) is 17.4 Å². The van der Waals surface area contributed by atoms with Crippen molar-refractivity contribution in [2.24, 2.45) is 0 Å². The normalized spacial score (nSPS) is 10.8. The van der Waals surface area contributed by atoms with E-state index in [0.717, 1.165) is 10.1 Å². The molecule has 3 rings (SSSR count). The van der Waals surface area contributed by atoms with Crippen LogP contribution in [0.5, 0.6) is 0 Å². The maximum Gasteiger partial charge on any atom is 0.194 e. The SMILES string of the molecule is O=C(c1ccc(Br)c(F)c1)c1cccc2ccsc12. The Morgan fingerprint density at radius 1 is 1.16 bits per heavy atom. The van der Waals surface area contributed by atoms with Crippen molar-refractivity contribution in [1.82, 2.24) is 0 Å². The molecule has 0 amide bonds. The van der Waals surface area contributed by atoms with Crippen molar-refractivity contribution in [2.75, 3.05) is 0 Å². The molecule has 0 spiro atoms. The lowest BCUT2D eigenvalue weighted by atomic mass is 10.0. The lowest BCUT2D eigenvalue weighted by molar-refractivity contribution is 0.104. The Hall–Kier alpha value is -1.52. The van der Waals surface area contributed by atoms with E-state index in [-0.39, 0.29) is 5.78 Å². The second-order valence-electron chi connectivity index (χ2n) is 4.10. The van der Waals surface area contributed by atoms with E-state index in [9.17, 15) is 9.18 Å². The van der Waals surface area contributed by atoms with Crippen molar-refractivity contribution in [1.29, 1.82) is 0 Å². The molecule has 0 saturated heterocycles. The number of carbonyl (C=O) groups excluding carboxylic acids is 1. The standard InChI is InChI=1S/C15H8BrFOS/c16-12-5-4-10(8-13(12)17)14(18)11-3-1-2-9-6-7-19-15(9)11/h1-8H. The zero-order chi connectivity index (χ0) is 13.4. The fraction of sp³-hybridized carbons (Fsp3) is 0. The quantitative estimate of drug-likeness (QED) is 0.600. The summed E-state index contributed by atoms with van der Waals surface area (Å²) in [6, 6.07) is 12.0. The van der Waals surface area contributed by atoms with Gasteiger partial charge in [-0.05, 0) is 57.0 Å². The van der Waals surface area contributed by atoms with Crippen LogP contribution in [0.15, 0.2) is 52.3 Å². The van der Waals surface area contributed by atoms with Crippen LogP contribution in [0.1, 0.15) is 15.9 Å². The predicted molar refractivity (Wildman–Crippen MR) is 79.4 cm³/mol. The molecular weight excluding hydrogens is 327 g/mol. The summed E-state index contributed by atoms with van der Waals surface area (Å²) in [5, 5.41) is 2.98. The zero-order valence-electron chi connectivity index (χ0n) is 9.69. The summed E-state index contributed by atoms with van der Waals surface area (Å²) in [6.45, 7) is 0. The molecule has 0 unspecified atom stereocenters. The Kier molecular flexibility index (Phi) is 3.21. The summed E-state index contributed by atoms with van der Waals surface area (Å²) >= 11 is 4.60. The minimum absolute atomic E-state index is 0.153. The molecule has 0 aliphatic rings. The summed E-state index contributed by atoms with van der Waals surface area (Å²) < 4.78 is 14.8. The summed E-state index contributed by atoms with van der Waals surface area (Å²) in [5.74, 6) is -0.580. The average molecular weight is 335 g/mol. The summed E-state index contributed by atoms with van der Waals surface area (Å²) in [7, 11) is 0. The van der Waals surface area contributed by atoms with Gasteiger partial charge in [0.05, 0.1) is 4.47 Å². The molecule has 3 aromatic rings. The van der Waals surface area contributed by atoms with E-state index < -0.39 is 5.82 Å². The topological polar surface area (TPSA) is 17.1 Å². The highest BCUT2D eigenvalue weighted by molar-refractivity contribution is 9.10. The average Bonchev–Trinajstić information content (AvgIpc) is 2.89. The summed E-state index contributed by atoms with van der Waals surface area (Å²) in [4.78, 5) is 12.4. The third-order valence-electron chi connectivity index (χ3n) is 2.91. The Balaban J connectivity index is 2.13. The second kappa shape index (κ2) is 4.87. The van der Waals surface area contributed by atoms with Gasteiger partial charge in [-0.15, -0.1) is 11.3 Å². The first-order valence-electron chi connectivity index (χ1n) is 5.63. The Labute approximate surface area is 121 Å². The lowest BCUT2D eigenvalue weighted by Gasteiger charge is -2.04. The Morgan fingerprint density at radius 3 is 2.79 bits per heavy atom. The maximum atomic E-state index is 13.5. The number of hydrogen-bond acceptors (Lipinski definition) is 2. The van der Waals surface area contributed by atoms with Crippen LogP contribution >= 0.6 is 27.3 Å². The van der Waals surface area contributed by atoms with Gasteiger partial charge in [0.1, 0.15) is 5.82 Å². The number of carbonyl (C=O) groups is 1. The van der Waals surface area contributed by atoms with Crippen LogP contribution in [-0.2, 0) is 0 Å². The predicted octanol–water partition coefficient (Wildman–Crippen LogP) is 5.03. The van der Waals surface area contributed by atoms with E-state index in [1.54, 1.807) is 18.2 Å². The molecule has 2 aromatic carbocycles. The number of thiophene rings is 1. The van der Waals surface area contributed by atoms with Crippen LogP contribution in [0, 0.1) is 5.82 Å². The Morgan fingerprint density at radius 2 is 2.00 bits per heavy atom. The number of halogens is 2. The fourth-order valence-electron chi connectivity index (χ4n) is 1.96. The van der Waals surface area contributed by atoms with Crippen LogP contribution in [0.2, 0.25) is 0 Å². The molecule has 0 fully saturated rings. The van der Waals surface area contributed by atoms with Gasteiger partial charge in [-0.1, -0.05) is 12.1 Å². The van der Waals surface area contributed by atoms with E-state index in [4.69, 9.17) is 0 Å². The molecular formula is C15H8BrFOS. The first kappa shape index (κ1) is 12.5. The van der Waals surface area contributed by atoms with Crippen molar-refractivity contribution < 1.29 is 9.18 Å². The van der Waals surface area contributed by atoms with Crippen molar-refractivity contribution in [3.63, 3.8) is 0 Å². The van der Waals surface area contributed by atoms with E-state index >= 15 is 0 Å². The van der Waals surface area contributed by atoms with Crippen molar-refractivity contribution in [3.8, 4) is 0 Å². The molecule has 1 aromatic heterocycles. The Bertz CT molecular complexity index is 779. The van der Waals surface area contributed by atoms with E-state index in [2.05, 4.69) is 15.9 Å². The van der Waals surface area contributed by atoms with Gasteiger partial charge < -0.3 is 0 Å². The number of ketones is 1. The lowest BCUT2D eigenvalue weighted by Crippen LogP contribution is -2.02. The molecule has 0 atom stereocenters. The van der Waals surface area contributed by atoms with Crippen LogP contribution in [0.25, 0.3) is 10.1 Å². The number of hydrogen-bond donors (Lipinski definition) is 0. The molecule has 4 heteroatoms. The molecule has 1 heterocycles. The molecule has 19 heavy (non-hydrogen) atoms. The van der Waals surface area contributed by atoms with Gasteiger partial charge in [-0.25, -0.2) is 4.39 Å². The fourth-order valence-corrected chi connectivity index (χ4v) is 3.12. The third-order valence-corrected chi connectivity index (χ3v) is 4.51. The van der Waals surface area contributed by atoms with Gasteiger partial charge in [-0.2, -0.15) is 0 Å². The summed E-state index contributed by atoms with van der Waals surface area (Å²) in [6.07, 6.45) is 0. The molecule has 94 valence electrons. The van der Waals surface area contributed by atoms with Gasteiger partial charge in [0.25, 0.3) is 0 Å². The van der Waals surface area contributed by atoms with E-state index in [0.29, 0.717) is 15.6 Å². The van der Waals surface area contributed by atoms with Crippen molar-refractivity contribution in [3.05, 3.63) is 69.3 Å². The van der Waals surface area contributed by atoms with Crippen LogP contribution in [0.4, 0.5) is 4.39 Å². The molecule has 0 saturated carbocycles. The molecule has 0 bridgehead atoms. The van der Waals surface area contributed by atoms with Crippen molar-refractivity contribution >= 4 is 43.1 Å². The van der Waals surface area contributed by atoms with Crippen LogP contribution < -0.4 is 0 Å². The van der Waals surface area contributed by atoms with Gasteiger partial charge in [0.2, 0.25) is 0 Å². The summed E-state index contributed by atoms with van der Waals surface area (Å²) in [5.41, 5.74) is 0.982. The highest BCUT2D eigenvalue weighted by atomic mass is 79.9. The molecule has 0 radical (unpaired) electrons. The number of benzene rings is 2. The first-order chi connectivity index (χ1) is 9.16. The zero-order valence-corrected chi connectivity index (χ0v) is 12.1. The van der Waals surface area contributed by atoms with Gasteiger partial charge in [-0.3, -0.25) is 4.79 Å². The smallest absolute Gasteiger partial charge is 0.194 e. The molecule has 0 aliphatic heterocycles. The van der Waals surface area contributed by atoms with Crippen LogP contribution in [-0.4, -0.2) is 5.78 Å². The largest absolute Gasteiger partial charge is 0.289 e. The first-order valence-corrected chi connectivity index (χ1v) is 7.30. The van der Waals surface area contributed by atoms with E-state index in [1.807, 2.05) is 23.6 Å². The maximum absolute atomic E-state index is 13.5. The molecule has 0 N–H and O–H groups in total. The minimum atomic E-state index is -0.427. The second-order valence-corrected chi connectivity index (χ2v) is 5.87. The highest BCUT2D eigenvalue weighted by Gasteiger charge is 2.14. The van der Waals surface area contributed by atoms with Crippen LogP contribution in [0.3, 0.4) is 0 Å². The molecule has 1 nitrogen and oxygen atoms in total. The number of fused-ring (bicyclic) bond motifs is 1. The van der Waals surface area contributed by atoms with Crippen molar-refractivity contribution in [2.45, 2.75) is 0 Å². The highest BCUT2D eigenvalue weighted by Crippen LogP contribution is 2.27. The van der Waals surface area contributed by atoms with Gasteiger partial charge in [0.15, 0.2) is 5.78 Å². The number of rotatable bonds is 2.